The van der Waals surface area contributed by atoms with Gasteiger partial charge in [0.25, 0.3) is 0 Å². The molecule has 2 rings (SSSR count). The Morgan fingerprint density at radius 2 is 2.00 bits per heavy atom. The molecule has 21 heavy (non-hydrogen) atoms. The van der Waals surface area contributed by atoms with E-state index in [0.29, 0.717) is 31.1 Å². The lowest BCUT2D eigenvalue weighted by atomic mass is 10.2. The van der Waals surface area contributed by atoms with Crippen LogP contribution in [0, 0.1) is 17.6 Å². The lowest BCUT2D eigenvalue weighted by Crippen LogP contribution is -2.30. The van der Waals surface area contributed by atoms with Crippen molar-refractivity contribution in [3.63, 3.8) is 0 Å². The molecular weight excluding hydrogens is 298 g/mol. The molecule has 0 aromatic heterocycles. The van der Waals surface area contributed by atoms with Crippen molar-refractivity contribution in [3.8, 4) is 0 Å². The summed E-state index contributed by atoms with van der Waals surface area (Å²) in [5.74, 6) is -2.11. The maximum Gasteiger partial charge on any atom is 0.245 e. The molecule has 7 heteroatoms. The molecule has 0 spiro atoms. The number of hydrogen-bond acceptors (Lipinski definition) is 3. The van der Waals surface area contributed by atoms with Crippen LogP contribution in [-0.4, -0.2) is 32.9 Å². The van der Waals surface area contributed by atoms with Gasteiger partial charge in [0.05, 0.1) is 0 Å². The van der Waals surface area contributed by atoms with Crippen molar-refractivity contribution in [2.24, 2.45) is 5.92 Å². The van der Waals surface area contributed by atoms with Gasteiger partial charge in [-0.3, -0.25) is 0 Å². The summed E-state index contributed by atoms with van der Waals surface area (Å²) in [6, 6.07) is 2.23. The highest BCUT2D eigenvalue weighted by atomic mass is 32.2. The second-order valence-corrected chi connectivity index (χ2v) is 7.41. The normalized spacial score (nSPS) is 15.7. The van der Waals surface area contributed by atoms with Gasteiger partial charge < -0.3 is 5.32 Å². The predicted molar refractivity (Wildman–Crippen MR) is 76.3 cm³/mol. The predicted octanol–water partition coefficient (Wildman–Crippen LogP) is 2.10. The average Bonchev–Trinajstić information content (AvgIpc) is 3.23. The molecule has 1 aliphatic rings. The zero-order chi connectivity index (χ0) is 15.6. The Morgan fingerprint density at radius 1 is 1.33 bits per heavy atom. The van der Waals surface area contributed by atoms with Crippen molar-refractivity contribution in [3.05, 3.63) is 29.3 Å². The molecule has 0 amide bonds. The minimum Gasteiger partial charge on any atom is -0.313 e. The quantitative estimate of drug-likeness (QED) is 0.838. The molecule has 4 nitrogen and oxygen atoms in total. The van der Waals surface area contributed by atoms with Crippen molar-refractivity contribution in [2.45, 2.75) is 31.2 Å². The van der Waals surface area contributed by atoms with Crippen LogP contribution in [-0.2, 0) is 16.6 Å². The van der Waals surface area contributed by atoms with Gasteiger partial charge in [0.1, 0.15) is 4.90 Å². The summed E-state index contributed by atoms with van der Waals surface area (Å²) in [6.07, 6.45) is 1.97. The van der Waals surface area contributed by atoms with Gasteiger partial charge in [-0.15, -0.1) is 0 Å². The molecule has 1 aliphatic carbocycles. The van der Waals surface area contributed by atoms with Crippen LogP contribution in [0.25, 0.3) is 0 Å². The summed E-state index contributed by atoms with van der Waals surface area (Å²) in [4.78, 5) is -0.585. The standard InChI is InChI=1S/C14H20F2N2O2S/c1-3-17-8-11-6-12(15)14(16)13(7-11)21(19,20)18(2)9-10-4-5-10/h6-7,10,17H,3-5,8-9H2,1-2H3. The zero-order valence-corrected chi connectivity index (χ0v) is 13.0. The Morgan fingerprint density at radius 3 is 2.57 bits per heavy atom. The Hall–Kier alpha value is -1.05. The lowest BCUT2D eigenvalue weighted by molar-refractivity contribution is 0.437. The van der Waals surface area contributed by atoms with E-state index in [1.807, 2.05) is 6.92 Å². The molecule has 1 aromatic rings. The molecule has 118 valence electrons. The molecule has 0 heterocycles. The highest BCUT2D eigenvalue weighted by Crippen LogP contribution is 2.31. The third kappa shape index (κ3) is 3.78. The summed E-state index contributed by atoms with van der Waals surface area (Å²) < 4.78 is 53.5. The van der Waals surface area contributed by atoms with Crippen LogP contribution < -0.4 is 5.32 Å². The Kier molecular flexibility index (Phi) is 4.95. The molecule has 1 fully saturated rings. The van der Waals surface area contributed by atoms with Crippen LogP contribution >= 0.6 is 0 Å². The van der Waals surface area contributed by atoms with Gasteiger partial charge in [0.2, 0.25) is 10.0 Å². The number of halogens is 2. The smallest absolute Gasteiger partial charge is 0.245 e. The first-order valence-electron chi connectivity index (χ1n) is 7.01. The van der Waals surface area contributed by atoms with Gasteiger partial charge >= 0.3 is 0 Å². The second-order valence-electron chi connectivity index (χ2n) is 5.40. The minimum atomic E-state index is -4.00. The number of nitrogens with one attached hydrogen (secondary N) is 1. The molecule has 1 aromatic carbocycles. The van der Waals surface area contributed by atoms with Crippen molar-refractivity contribution in [1.82, 2.24) is 9.62 Å². The van der Waals surface area contributed by atoms with Crippen molar-refractivity contribution >= 4 is 10.0 Å². The molecule has 0 unspecified atom stereocenters. The summed E-state index contributed by atoms with van der Waals surface area (Å²) in [6.45, 7) is 3.17. The van der Waals surface area contributed by atoms with E-state index in [9.17, 15) is 17.2 Å². The topological polar surface area (TPSA) is 49.4 Å². The maximum absolute atomic E-state index is 13.9. The van der Waals surface area contributed by atoms with Crippen molar-refractivity contribution in [2.75, 3.05) is 20.1 Å². The number of sulfonamides is 1. The van der Waals surface area contributed by atoms with Gasteiger partial charge in [-0.1, -0.05) is 6.92 Å². The number of rotatable bonds is 7. The zero-order valence-electron chi connectivity index (χ0n) is 12.2. The van der Waals surface area contributed by atoms with E-state index in [1.165, 1.54) is 13.1 Å². The van der Waals surface area contributed by atoms with Gasteiger partial charge in [-0.05, 0) is 43.0 Å². The second kappa shape index (κ2) is 6.37. The van der Waals surface area contributed by atoms with E-state index in [1.54, 1.807) is 0 Å². The summed E-state index contributed by atoms with van der Waals surface area (Å²) in [7, 11) is -2.60. The monoisotopic (exact) mass is 318 g/mol. The van der Waals surface area contributed by atoms with Crippen molar-refractivity contribution < 1.29 is 17.2 Å². The molecule has 0 bridgehead atoms. The van der Waals surface area contributed by atoms with Crippen LogP contribution in [0.5, 0.6) is 0 Å². The van der Waals surface area contributed by atoms with Crippen LogP contribution in [0.3, 0.4) is 0 Å². The van der Waals surface area contributed by atoms with E-state index in [-0.39, 0.29) is 0 Å². The Bertz CT molecular complexity index is 616. The largest absolute Gasteiger partial charge is 0.313 e. The first-order valence-corrected chi connectivity index (χ1v) is 8.45. The lowest BCUT2D eigenvalue weighted by Gasteiger charge is -2.18. The molecule has 0 aliphatic heterocycles. The first-order chi connectivity index (χ1) is 9.86. The average molecular weight is 318 g/mol. The van der Waals surface area contributed by atoms with E-state index in [0.717, 1.165) is 23.2 Å². The summed E-state index contributed by atoms with van der Waals surface area (Å²) in [5, 5.41) is 2.96. The van der Waals surface area contributed by atoms with Gasteiger partial charge in [0.15, 0.2) is 11.6 Å². The van der Waals surface area contributed by atoms with Crippen LogP contribution in [0.2, 0.25) is 0 Å². The highest BCUT2D eigenvalue weighted by Gasteiger charge is 2.31. The Labute approximate surface area is 124 Å². The fourth-order valence-corrected chi connectivity index (χ4v) is 3.47. The van der Waals surface area contributed by atoms with Crippen LogP contribution in [0.1, 0.15) is 25.3 Å². The van der Waals surface area contributed by atoms with E-state index >= 15 is 0 Å². The third-order valence-electron chi connectivity index (χ3n) is 3.53. The molecule has 1 N–H and O–H groups in total. The maximum atomic E-state index is 13.9. The fourth-order valence-electron chi connectivity index (χ4n) is 2.11. The van der Waals surface area contributed by atoms with E-state index < -0.39 is 26.6 Å². The summed E-state index contributed by atoms with van der Waals surface area (Å²) in [5.41, 5.74) is 0.411. The van der Waals surface area contributed by atoms with Crippen LogP contribution in [0.15, 0.2) is 17.0 Å². The SMILES string of the molecule is CCNCc1cc(F)c(F)c(S(=O)(=O)N(C)CC2CC2)c1. The van der Waals surface area contributed by atoms with E-state index in [4.69, 9.17) is 0 Å². The minimum absolute atomic E-state index is 0.294. The third-order valence-corrected chi connectivity index (χ3v) is 5.36. The molecular formula is C14H20F2N2O2S. The fraction of sp³-hybridized carbons (Fsp3) is 0.571. The van der Waals surface area contributed by atoms with Gasteiger partial charge in [0, 0.05) is 20.1 Å². The molecule has 0 saturated heterocycles. The van der Waals surface area contributed by atoms with Crippen molar-refractivity contribution in [1.29, 1.82) is 0 Å². The number of benzene rings is 1. The molecule has 1 saturated carbocycles. The van der Waals surface area contributed by atoms with Gasteiger partial charge in [-0.2, -0.15) is 0 Å². The van der Waals surface area contributed by atoms with E-state index in [2.05, 4.69) is 5.32 Å². The summed E-state index contributed by atoms with van der Waals surface area (Å²) >= 11 is 0. The van der Waals surface area contributed by atoms with Gasteiger partial charge in [-0.25, -0.2) is 21.5 Å². The first kappa shape index (κ1) is 16.3. The highest BCUT2D eigenvalue weighted by molar-refractivity contribution is 7.89. The molecule has 0 radical (unpaired) electrons. The Balaban J connectivity index is 2.33. The number of hydrogen-bond donors (Lipinski definition) is 1. The molecule has 0 atom stereocenters. The number of nitrogens with zero attached hydrogens (tertiary/aromatic N) is 1. The van der Waals surface area contributed by atoms with Crippen LogP contribution in [0.4, 0.5) is 8.78 Å².